The summed E-state index contributed by atoms with van der Waals surface area (Å²) < 4.78 is 15.6. The molecule has 0 spiro atoms. The van der Waals surface area contributed by atoms with Gasteiger partial charge in [-0.15, -0.1) is 0 Å². The second kappa shape index (κ2) is 4.30. The first-order valence-electron chi connectivity index (χ1n) is 4.32. The Hall–Kier alpha value is -0.0900. The van der Waals surface area contributed by atoms with Crippen LogP contribution in [0.2, 0.25) is 0 Å². The van der Waals surface area contributed by atoms with E-state index in [0.717, 1.165) is 0 Å². The van der Waals surface area contributed by atoms with Crippen LogP contribution < -0.4 is 5.73 Å². The van der Waals surface area contributed by atoms with Crippen LogP contribution in [-0.2, 0) is 9.30 Å². The molecular formula is C6H14NO8P. The van der Waals surface area contributed by atoms with E-state index in [9.17, 15) is 14.8 Å². The minimum Gasteiger partial charge on any atom is -0.394 e. The van der Waals surface area contributed by atoms with Crippen LogP contribution in [0.1, 0.15) is 0 Å². The van der Waals surface area contributed by atoms with E-state index in [4.69, 9.17) is 25.7 Å². The van der Waals surface area contributed by atoms with Gasteiger partial charge in [0.25, 0.3) is 0 Å². The number of aliphatic hydroxyl groups is 4. The average molecular weight is 259 g/mol. The lowest BCUT2D eigenvalue weighted by atomic mass is 9.97. The molecule has 0 aliphatic carbocycles. The fourth-order valence-corrected chi connectivity index (χ4v) is 2.56. The van der Waals surface area contributed by atoms with Crippen molar-refractivity contribution in [3.8, 4) is 0 Å². The Bertz CT molecular complexity index is 303. The Morgan fingerprint density at radius 1 is 1.38 bits per heavy atom. The Kier molecular flexibility index (Phi) is 3.75. The van der Waals surface area contributed by atoms with Gasteiger partial charge in [-0.1, -0.05) is 0 Å². The minimum absolute atomic E-state index is 0.998. The molecule has 0 bridgehead atoms. The highest BCUT2D eigenvalue weighted by atomic mass is 31.2. The van der Waals surface area contributed by atoms with E-state index in [1.54, 1.807) is 0 Å². The van der Waals surface area contributed by atoms with E-state index < -0.39 is 44.1 Å². The summed E-state index contributed by atoms with van der Waals surface area (Å²) in [6.07, 6.45) is -5.70. The van der Waals surface area contributed by atoms with Crippen molar-refractivity contribution in [1.82, 2.24) is 0 Å². The van der Waals surface area contributed by atoms with Gasteiger partial charge in [-0.2, -0.15) is 0 Å². The zero-order valence-electron chi connectivity index (χ0n) is 8.04. The fourth-order valence-electron chi connectivity index (χ4n) is 1.53. The second-order valence-corrected chi connectivity index (χ2v) is 5.35. The predicted octanol–water partition coefficient (Wildman–Crippen LogP) is -3.75. The number of hydrogen-bond acceptors (Lipinski definition) is 7. The van der Waals surface area contributed by atoms with Crippen LogP contribution in [0, 0.1) is 0 Å². The summed E-state index contributed by atoms with van der Waals surface area (Å²) in [6, 6.07) is -1.60. The Balaban J connectivity index is 3.17. The van der Waals surface area contributed by atoms with Crippen LogP contribution in [0.25, 0.3) is 0 Å². The monoisotopic (exact) mass is 259 g/mol. The highest BCUT2D eigenvalue weighted by Crippen LogP contribution is 2.55. The lowest BCUT2D eigenvalue weighted by Crippen LogP contribution is -2.68. The molecule has 1 saturated heterocycles. The zero-order chi connectivity index (χ0) is 12.7. The number of hydrogen-bond donors (Lipinski definition) is 7. The van der Waals surface area contributed by atoms with Crippen molar-refractivity contribution in [2.75, 3.05) is 6.61 Å². The molecule has 1 aliphatic heterocycles. The average Bonchev–Trinajstić information content (AvgIpc) is 2.18. The normalized spacial score (nSPS) is 45.7. The van der Waals surface area contributed by atoms with Crippen LogP contribution in [0.4, 0.5) is 0 Å². The number of nitrogens with two attached hydrogens (primary N) is 1. The van der Waals surface area contributed by atoms with Gasteiger partial charge in [0.2, 0.25) is 5.34 Å². The minimum atomic E-state index is -5.22. The molecular weight excluding hydrogens is 245 g/mol. The molecule has 16 heavy (non-hydrogen) atoms. The van der Waals surface area contributed by atoms with Gasteiger partial charge in [0.1, 0.15) is 12.2 Å². The Morgan fingerprint density at radius 2 is 1.88 bits per heavy atom. The first-order valence-corrected chi connectivity index (χ1v) is 5.93. The maximum atomic E-state index is 11.1. The Labute approximate surface area is 90.2 Å². The van der Waals surface area contributed by atoms with Gasteiger partial charge in [-0.3, -0.25) is 4.57 Å². The third kappa shape index (κ3) is 1.90. The van der Waals surface area contributed by atoms with E-state index in [2.05, 4.69) is 4.74 Å². The summed E-state index contributed by atoms with van der Waals surface area (Å²) in [4.78, 5) is 17.9. The summed E-state index contributed by atoms with van der Waals surface area (Å²) in [7, 11) is -5.22. The quantitative estimate of drug-likeness (QED) is 0.246. The predicted molar refractivity (Wildman–Crippen MR) is 48.9 cm³/mol. The first kappa shape index (κ1) is 14.0. The number of aliphatic hydroxyl groups excluding tert-OH is 3. The summed E-state index contributed by atoms with van der Waals surface area (Å²) in [6.45, 7) is -0.998. The van der Waals surface area contributed by atoms with E-state index in [1.165, 1.54) is 0 Å². The van der Waals surface area contributed by atoms with Crippen LogP contribution in [0.15, 0.2) is 0 Å². The highest BCUT2D eigenvalue weighted by molar-refractivity contribution is 7.53. The maximum Gasteiger partial charge on any atom is 0.362 e. The van der Waals surface area contributed by atoms with Gasteiger partial charge in [0.05, 0.1) is 12.6 Å². The zero-order valence-corrected chi connectivity index (χ0v) is 8.94. The summed E-state index contributed by atoms with van der Waals surface area (Å²) in [5.74, 6) is 0. The molecule has 1 aliphatic rings. The van der Waals surface area contributed by atoms with Gasteiger partial charge in [0, 0.05) is 0 Å². The summed E-state index contributed by atoms with van der Waals surface area (Å²) in [5, 5.41) is 34.2. The first-order chi connectivity index (χ1) is 7.16. The standard InChI is InChI=1S/C6H14NO8P/c7-3-4(9)6(11,16(12,13)14)2(1-8)15-5(3)10/h2-5,8-11H,1,7H2,(H2,12,13,14)/t2-,3-,4-,5-,6+/m1/s1. The molecule has 1 fully saturated rings. The van der Waals surface area contributed by atoms with Gasteiger partial charge in [-0.25, -0.2) is 0 Å². The molecule has 0 aromatic heterocycles. The molecule has 0 unspecified atom stereocenters. The fraction of sp³-hybridized carbons (Fsp3) is 1.00. The van der Waals surface area contributed by atoms with Gasteiger partial charge < -0.3 is 40.7 Å². The number of ether oxygens (including phenoxy) is 1. The lowest BCUT2D eigenvalue weighted by Gasteiger charge is -2.46. The third-order valence-corrected chi connectivity index (χ3v) is 4.02. The topological polar surface area (TPSA) is 174 Å². The molecule has 8 N–H and O–H groups in total. The highest BCUT2D eigenvalue weighted by Gasteiger charge is 2.63. The van der Waals surface area contributed by atoms with Crippen molar-refractivity contribution in [3.05, 3.63) is 0 Å². The van der Waals surface area contributed by atoms with E-state index in [0.29, 0.717) is 0 Å². The summed E-state index contributed by atoms with van der Waals surface area (Å²) >= 11 is 0. The van der Waals surface area contributed by atoms with Crippen molar-refractivity contribution in [2.45, 2.75) is 29.9 Å². The van der Waals surface area contributed by atoms with Gasteiger partial charge >= 0.3 is 7.60 Å². The Morgan fingerprint density at radius 3 is 2.25 bits per heavy atom. The molecule has 0 aromatic carbocycles. The lowest BCUT2D eigenvalue weighted by molar-refractivity contribution is -0.266. The van der Waals surface area contributed by atoms with Gasteiger partial charge in [0.15, 0.2) is 6.29 Å². The van der Waals surface area contributed by atoms with Crippen molar-refractivity contribution < 1.29 is 39.5 Å². The van der Waals surface area contributed by atoms with E-state index in [-0.39, 0.29) is 0 Å². The SMILES string of the molecule is N[C@H]1[C@H](O)O[C@H](CO)[C@](O)(P(=O)(O)O)[C@@H]1O. The second-order valence-electron chi connectivity index (χ2n) is 3.55. The van der Waals surface area contributed by atoms with Crippen LogP contribution in [0.5, 0.6) is 0 Å². The molecule has 0 saturated carbocycles. The van der Waals surface area contributed by atoms with Crippen molar-refractivity contribution in [2.24, 2.45) is 5.73 Å². The van der Waals surface area contributed by atoms with E-state index >= 15 is 0 Å². The van der Waals surface area contributed by atoms with Crippen LogP contribution in [0.3, 0.4) is 0 Å². The molecule has 0 radical (unpaired) electrons. The van der Waals surface area contributed by atoms with E-state index in [1.807, 2.05) is 0 Å². The largest absolute Gasteiger partial charge is 0.394 e. The molecule has 0 aromatic rings. The molecule has 96 valence electrons. The van der Waals surface area contributed by atoms with Crippen LogP contribution in [-0.4, -0.2) is 66.7 Å². The van der Waals surface area contributed by atoms with Gasteiger partial charge in [-0.05, 0) is 0 Å². The smallest absolute Gasteiger partial charge is 0.362 e. The molecule has 10 heteroatoms. The number of rotatable bonds is 2. The summed E-state index contributed by atoms with van der Waals surface area (Å²) in [5.41, 5.74) is 5.20. The van der Waals surface area contributed by atoms with Crippen molar-refractivity contribution in [1.29, 1.82) is 0 Å². The molecule has 1 heterocycles. The molecule has 1 rings (SSSR count). The molecule has 5 atom stereocenters. The van der Waals surface area contributed by atoms with Crippen molar-refractivity contribution in [3.63, 3.8) is 0 Å². The molecule has 0 amide bonds. The van der Waals surface area contributed by atoms with Crippen LogP contribution >= 0.6 is 7.60 Å². The maximum absolute atomic E-state index is 11.1. The van der Waals surface area contributed by atoms with Crippen molar-refractivity contribution >= 4 is 7.60 Å². The molecule has 9 nitrogen and oxygen atoms in total. The third-order valence-electron chi connectivity index (χ3n) is 2.54.